The SMILES string of the molecule is C[C@@H](CCc1ccccc1)N=CC1C(=O)N(c2ccccn2)C(=O)c2ccccc21. The van der Waals surface area contributed by atoms with Crippen molar-refractivity contribution in [1.29, 1.82) is 0 Å². The molecule has 2 amide bonds. The lowest BCUT2D eigenvalue weighted by Gasteiger charge is -2.30. The van der Waals surface area contributed by atoms with Crippen LogP contribution in [0.25, 0.3) is 0 Å². The minimum Gasteiger partial charge on any atom is -0.293 e. The molecular formula is C25H23N3O2. The molecule has 5 heteroatoms. The second kappa shape index (κ2) is 8.82. The van der Waals surface area contributed by atoms with Gasteiger partial charge in [-0.05, 0) is 49.1 Å². The summed E-state index contributed by atoms with van der Waals surface area (Å²) in [5, 5.41) is 0. The number of carbonyl (C=O) groups is 2. The van der Waals surface area contributed by atoms with Gasteiger partial charge < -0.3 is 0 Å². The molecule has 30 heavy (non-hydrogen) atoms. The van der Waals surface area contributed by atoms with E-state index in [0.29, 0.717) is 16.9 Å². The van der Waals surface area contributed by atoms with Gasteiger partial charge in [0, 0.05) is 24.0 Å². The maximum atomic E-state index is 13.3. The monoisotopic (exact) mass is 397 g/mol. The third-order valence-corrected chi connectivity index (χ3v) is 5.28. The highest BCUT2D eigenvalue weighted by Crippen LogP contribution is 2.31. The molecule has 150 valence electrons. The third kappa shape index (κ3) is 4.06. The molecule has 2 heterocycles. The minimum absolute atomic E-state index is 0.0612. The molecule has 0 saturated heterocycles. The van der Waals surface area contributed by atoms with E-state index in [1.165, 1.54) is 5.56 Å². The number of hydrogen-bond acceptors (Lipinski definition) is 4. The number of hydrogen-bond donors (Lipinski definition) is 0. The standard InChI is InChI=1S/C25H23N3O2/c1-18(14-15-19-9-3-2-4-10-19)27-17-22-20-11-5-6-12-21(20)24(29)28(25(22)30)23-13-7-8-16-26-23/h2-13,16-18,22H,14-15H2,1H3/t18-,22?/m0/s1. The summed E-state index contributed by atoms with van der Waals surface area (Å²) in [6.45, 7) is 2.04. The van der Waals surface area contributed by atoms with E-state index in [9.17, 15) is 9.59 Å². The van der Waals surface area contributed by atoms with Crippen molar-refractivity contribution in [2.24, 2.45) is 4.99 Å². The lowest BCUT2D eigenvalue weighted by molar-refractivity contribution is -0.118. The van der Waals surface area contributed by atoms with Crippen LogP contribution in [0.4, 0.5) is 5.82 Å². The zero-order valence-electron chi connectivity index (χ0n) is 16.8. The average Bonchev–Trinajstić information content (AvgIpc) is 2.79. The molecular weight excluding hydrogens is 374 g/mol. The Kier molecular flexibility index (Phi) is 5.80. The third-order valence-electron chi connectivity index (χ3n) is 5.28. The van der Waals surface area contributed by atoms with Gasteiger partial charge in [0.05, 0.1) is 5.92 Å². The summed E-state index contributed by atoms with van der Waals surface area (Å²) >= 11 is 0. The fraction of sp³-hybridized carbons (Fsp3) is 0.200. The van der Waals surface area contributed by atoms with Crippen LogP contribution in [-0.2, 0) is 11.2 Å². The molecule has 0 saturated carbocycles. The van der Waals surface area contributed by atoms with Gasteiger partial charge in [-0.15, -0.1) is 0 Å². The fourth-order valence-electron chi connectivity index (χ4n) is 3.63. The molecule has 0 N–H and O–H groups in total. The molecule has 1 aromatic heterocycles. The molecule has 4 rings (SSSR count). The first-order valence-electron chi connectivity index (χ1n) is 10.1. The lowest BCUT2D eigenvalue weighted by Crippen LogP contribution is -2.46. The molecule has 1 aliphatic rings. The highest BCUT2D eigenvalue weighted by Gasteiger charge is 2.39. The van der Waals surface area contributed by atoms with Crippen molar-refractivity contribution in [1.82, 2.24) is 4.98 Å². The van der Waals surface area contributed by atoms with E-state index in [4.69, 9.17) is 0 Å². The number of nitrogens with zero attached hydrogens (tertiary/aromatic N) is 3. The Morgan fingerprint density at radius 2 is 1.73 bits per heavy atom. The molecule has 0 spiro atoms. The van der Waals surface area contributed by atoms with Crippen LogP contribution in [0.15, 0.2) is 84.0 Å². The lowest BCUT2D eigenvalue weighted by atomic mass is 9.89. The normalized spacial score (nSPS) is 17.2. The van der Waals surface area contributed by atoms with E-state index in [2.05, 4.69) is 22.1 Å². The molecule has 2 atom stereocenters. The maximum absolute atomic E-state index is 13.3. The Bertz CT molecular complexity index is 1060. The Morgan fingerprint density at radius 3 is 2.50 bits per heavy atom. The average molecular weight is 397 g/mol. The molecule has 1 aliphatic heterocycles. The predicted octanol–water partition coefficient (Wildman–Crippen LogP) is 4.44. The van der Waals surface area contributed by atoms with E-state index >= 15 is 0 Å². The number of imide groups is 1. The van der Waals surface area contributed by atoms with Crippen LogP contribution in [-0.4, -0.2) is 29.1 Å². The highest BCUT2D eigenvalue weighted by atomic mass is 16.2. The van der Waals surface area contributed by atoms with Crippen LogP contribution in [0.5, 0.6) is 0 Å². The number of aryl methyl sites for hydroxylation is 1. The number of carbonyl (C=O) groups excluding carboxylic acids is 2. The first-order chi connectivity index (χ1) is 14.6. The largest absolute Gasteiger partial charge is 0.293 e. The Labute approximate surface area is 176 Å². The Balaban J connectivity index is 1.58. The van der Waals surface area contributed by atoms with Gasteiger partial charge in [-0.1, -0.05) is 54.6 Å². The van der Waals surface area contributed by atoms with Gasteiger partial charge >= 0.3 is 0 Å². The molecule has 0 fully saturated rings. The van der Waals surface area contributed by atoms with Crippen molar-refractivity contribution >= 4 is 23.8 Å². The van der Waals surface area contributed by atoms with Crippen LogP contribution < -0.4 is 4.90 Å². The van der Waals surface area contributed by atoms with Crippen LogP contribution in [0.1, 0.15) is 40.7 Å². The number of pyridine rings is 1. The smallest absolute Gasteiger partial charge is 0.266 e. The molecule has 0 aliphatic carbocycles. The molecule has 0 bridgehead atoms. The van der Waals surface area contributed by atoms with E-state index < -0.39 is 5.92 Å². The summed E-state index contributed by atoms with van der Waals surface area (Å²) in [5.41, 5.74) is 2.47. The van der Waals surface area contributed by atoms with Crippen molar-refractivity contribution in [3.05, 3.63) is 95.7 Å². The van der Waals surface area contributed by atoms with Crippen molar-refractivity contribution in [2.75, 3.05) is 4.90 Å². The van der Waals surface area contributed by atoms with E-state index in [0.717, 1.165) is 17.7 Å². The van der Waals surface area contributed by atoms with Crippen molar-refractivity contribution in [2.45, 2.75) is 31.7 Å². The van der Waals surface area contributed by atoms with Crippen molar-refractivity contribution in [3.63, 3.8) is 0 Å². The molecule has 1 unspecified atom stereocenters. The Morgan fingerprint density at radius 1 is 1.00 bits per heavy atom. The zero-order valence-corrected chi connectivity index (χ0v) is 16.8. The summed E-state index contributed by atoms with van der Waals surface area (Å²) in [5.74, 6) is -0.954. The number of anilines is 1. The second-order valence-electron chi connectivity index (χ2n) is 7.40. The van der Waals surface area contributed by atoms with Crippen LogP contribution in [0.3, 0.4) is 0 Å². The van der Waals surface area contributed by atoms with Gasteiger partial charge in [-0.2, -0.15) is 0 Å². The Hall–Kier alpha value is -3.60. The predicted molar refractivity (Wildman–Crippen MR) is 118 cm³/mol. The number of amides is 2. The summed E-state index contributed by atoms with van der Waals surface area (Å²) in [7, 11) is 0. The van der Waals surface area contributed by atoms with Gasteiger partial charge in [0.2, 0.25) is 5.91 Å². The number of aliphatic imine (C=N–C) groups is 1. The van der Waals surface area contributed by atoms with Crippen LogP contribution in [0, 0.1) is 0 Å². The van der Waals surface area contributed by atoms with E-state index in [1.54, 1.807) is 42.7 Å². The zero-order chi connectivity index (χ0) is 20.9. The molecule has 2 aromatic carbocycles. The van der Waals surface area contributed by atoms with Crippen molar-refractivity contribution in [3.8, 4) is 0 Å². The quantitative estimate of drug-likeness (QED) is 0.456. The summed E-state index contributed by atoms with van der Waals surface area (Å²) in [6.07, 6.45) is 5.07. The summed E-state index contributed by atoms with van der Waals surface area (Å²) < 4.78 is 0. The number of benzene rings is 2. The first-order valence-corrected chi connectivity index (χ1v) is 10.1. The summed E-state index contributed by atoms with van der Waals surface area (Å²) in [4.78, 5) is 36.3. The van der Waals surface area contributed by atoms with Crippen LogP contribution >= 0.6 is 0 Å². The summed E-state index contributed by atoms with van der Waals surface area (Å²) in [6, 6.07) is 22.7. The van der Waals surface area contributed by atoms with E-state index in [-0.39, 0.29) is 17.9 Å². The number of aromatic nitrogens is 1. The van der Waals surface area contributed by atoms with E-state index in [1.807, 2.05) is 37.3 Å². The van der Waals surface area contributed by atoms with Gasteiger partial charge in [-0.3, -0.25) is 14.6 Å². The first kappa shape index (κ1) is 19.7. The minimum atomic E-state index is -0.611. The van der Waals surface area contributed by atoms with Gasteiger partial charge in [0.25, 0.3) is 5.91 Å². The number of rotatable bonds is 6. The van der Waals surface area contributed by atoms with Crippen molar-refractivity contribution < 1.29 is 9.59 Å². The molecule has 5 nitrogen and oxygen atoms in total. The second-order valence-corrected chi connectivity index (χ2v) is 7.40. The fourth-order valence-corrected chi connectivity index (χ4v) is 3.63. The maximum Gasteiger partial charge on any atom is 0.266 e. The van der Waals surface area contributed by atoms with Gasteiger partial charge in [0.15, 0.2) is 0 Å². The highest BCUT2D eigenvalue weighted by molar-refractivity contribution is 6.28. The number of fused-ring (bicyclic) bond motifs is 1. The van der Waals surface area contributed by atoms with Gasteiger partial charge in [-0.25, -0.2) is 9.88 Å². The van der Waals surface area contributed by atoms with Gasteiger partial charge in [0.1, 0.15) is 5.82 Å². The topological polar surface area (TPSA) is 62.6 Å². The van der Waals surface area contributed by atoms with Crippen LogP contribution in [0.2, 0.25) is 0 Å². The molecule has 0 radical (unpaired) electrons. The molecule has 3 aromatic rings.